The standard InChI is InChI=1S/C23H25N3O3/c27-22(17-6-9-28-13-17)25-10-18-19-12-26(14-23(19)7-4-20(18)29-23)11-16-3-1-2-15-5-8-24-21(15)16/h1-3,5-6,8-9,13,18-20,24H,4,7,10-12,14H2,(H,25,27)/t18-,19+,20+,23+/m0/s1. The van der Waals surface area contributed by atoms with E-state index in [1.54, 1.807) is 6.07 Å². The number of likely N-dealkylation sites (tertiary alicyclic amines) is 1. The first-order chi connectivity index (χ1) is 14.2. The van der Waals surface area contributed by atoms with Gasteiger partial charge in [0.1, 0.15) is 6.26 Å². The molecule has 2 aromatic heterocycles. The molecule has 1 amide bonds. The van der Waals surface area contributed by atoms with Gasteiger partial charge in [0, 0.05) is 49.7 Å². The van der Waals surface area contributed by atoms with Gasteiger partial charge in [0.05, 0.1) is 23.5 Å². The van der Waals surface area contributed by atoms with Crippen LogP contribution in [-0.4, -0.2) is 47.1 Å². The summed E-state index contributed by atoms with van der Waals surface area (Å²) in [6.07, 6.45) is 7.55. The fourth-order valence-electron chi connectivity index (χ4n) is 5.91. The Labute approximate surface area is 169 Å². The summed E-state index contributed by atoms with van der Waals surface area (Å²) < 4.78 is 11.6. The predicted octanol–water partition coefficient (Wildman–Crippen LogP) is 3.17. The third kappa shape index (κ3) is 2.74. The minimum absolute atomic E-state index is 0.0284. The van der Waals surface area contributed by atoms with Crippen LogP contribution in [0.25, 0.3) is 10.9 Å². The Morgan fingerprint density at radius 2 is 2.28 bits per heavy atom. The van der Waals surface area contributed by atoms with Gasteiger partial charge < -0.3 is 19.5 Å². The van der Waals surface area contributed by atoms with Crippen LogP contribution in [-0.2, 0) is 11.3 Å². The Hall–Kier alpha value is -2.57. The van der Waals surface area contributed by atoms with Gasteiger partial charge in [-0.25, -0.2) is 0 Å². The lowest BCUT2D eigenvalue weighted by Gasteiger charge is -2.29. The van der Waals surface area contributed by atoms with Crippen LogP contribution in [0.1, 0.15) is 28.8 Å². The number of nitrogens with zero attached hydrogens (tertiary/aromatic N) is 1. The molecule has 2 bridgehead atoms. The maximum absolute atomic E-state index is 12.3. The molecular formula is C23H25N3O3. The highest BCUT2D eigenvalue weighted by Gasteiger charge is 2.62. The first-order valence-electron chi connectivity index (χ1n) is 10.5. The van der Waals surface area contributed by atoms with Crippen molar-refractivity contribution in [1.82, 2.24) is 15.2 Å². The topological polar surface area (TPSA) is 70.5 Å². The van der Waals surface area contributed by atoms with Crippen LogP contribution in [0.4, 0.5) is 0 Å². The maximum Gasteiger partial charge on any atom is 0.254 e. The number of amides is 1. The zero-order valence-corrected chi connectivity index (χ0v) is 16.3. The number of hydrogen-bond donors (Lipinski definition) is 2. The van der Waals surface area contributed by atoms with Crippen molar-refractivity contribution in [2.45, 2.75) is 31.1 Å². The fraction of sp³-hybridized carbons (Fsp3) is 0.435. The van der Waals surface area contributed by atoms with E-state index in [1.165, 1.54) is 29.0 Å². The number of rotatable bonds is 5. The number of benzene rings is 1. The Morgan fingerprint density at radius 1 is 1.31 bits per heavy atom. The van der Waals surface area contributed by atoms with Gasteiger partial charge in [-0.15, -0.1) is 0 Å². The van der Waals surface area contributed by atoms with E-state index in [2.05, 4.69) is 39.5 Å². The largest absolute Gasteiger partial charge is 0.472 e. The minimum Gasteiger partial charge on any atom is -0.472 e. The molecular weight excluding hydrogens is 366 g/mol. The first kappa shape index (κ1) is 17.3. The van der Waals surface area contributed by atoms with Crippen molar-refractivity contribution < 1.29 is 13.9 Å². The van der Waals surface area contributed by atoms with E-state index in [0.29, 0.717) is 23.9 Å². The van der Waals surface area contributed by atoms with Crippen molar-refractivity contribution >= 4 is 16.8 Å². The molecule has 6 nitrogen and oxygen atoms in total. The van der Waals surface area contributed by atoms with E-state index in [4.69, 9.17) is 9.15 Å². The van der Waals surface area contributed by atoms with E-state index in [1.807, 2.05) is 6.20 Å². The SMILES string of the molecule is O=C(NC[C@H]1[C@H]2CN(Cc3cccc4cc[nH]c34)C[C@]23CC[C@H]1O3)c1ccoc1. The van der Waals surface area contributed by atoms with Gasteiger partial charge in [0.2, 0.25) is 0 Å². The van der Waals surface area contributed by atoms with Crippen molar-refractivity contribution in [2.24, 2.45) is 11.8 Å². The Balaban J connectivity index is 1.17. The van der Waals surface area contributed by atoms with Gasteiger partial charge in [-0.05, 0) is 35.9 Å². The second-order valence-corrected chi connectivity index (χ2v) is 8.78. The van der Waals surface area contributed by atoms with Crippen molar-refractivity contribution in [3.05, 3.63) is 60.2 Å². The molecule has 6 rings (SSSR count). The summed E-state index contributed by atoms with van der Waals surface area (Å²) in [4.78, 5) is 18.3. The molecule has 29 heavy (non-hydrogen) atoms. The van der Waals surface area contributed by atoms with Gasteiger partial charge in [-0.2, -0.15) is 0 Å². The highest BCUT2D eigenvalue weighted by atomic mass is 16.5. The average Bonchev–Trinajstić information content (AvgIpc) is 3.52. The van der Waals surface area contributed by atoms with Crippen LogP contribution in [0.3, 0.4) is 0 Å². The quantitative estimate of drug-likeness (QED) is 0.701. The Bertz CT molecular complexity index is 1040. The molecule has 1 aromatic carbocycles. The lowest BCUT2D eigenvalue weighted by molar-refractivity contribution is 0.00215. The number of H-pyrrole nitrogens is 1. The summed E-state index contributed by atoms with van der Waals surface area (Å²) in [5.41, 5.74) is 3.12. The van der Waals surface area contributed by atoms with Crippen molar-refractivity contribution in [3.8, 4) is 0 Å². The number of furan rings is 1. The molecule has 0 radical (unpaired) electrons. The van der Waals surface area contributed by atoms with E-state index in [0.717, 1.165) is 32.5 Å². The molecule has 3 saturated heterocycles. The summed E-state index contributed by atoms with van der Waals surface area (Å²) in [6.45, 7) is 3.61. The van der Waals surface area contributed by atoms with E-state index in [-0.39, 0.29) is 17.6 Å². The molecule has 3 aromatic rings. The van der Waals surface area contributed by atoms with Gasteiger partial charge in [-0.1, -0.05) is 18.2 Å². The number of aromatic nitrogens is 1. The van der Waals surface area contributed by atoms with Gasteiger partial charge >= 0.3 is 0 Å². The zero-order valence-electron chi connectivity index (χ0n) is 16.3. The van der Waals surface area contributed by atoms with Crippen LogP contribution in [0, 0.1) is 11.8 Å². The molecule has 2 N–H and O–H groups in total. The lowest BCUT2D eigenvalue weighted by atomic mass is 9.73. The number of para-hydroxylation sites is 1. The van der Waals surface area contributed by atoms with E-state index in [9.17, 15) is 4.79 Å². The molecule has 5 heterocycles. The van der Waals surface area contributed by atoms with Crippen molar-refractivity contribution in [1.29, 1.82) is 0 Å². The first-order valence-corrected chi connectivity index (χ1v) is 10.5. The lowest BCUT2D eigenvalue weighted by Crippen LogP contribution is -2.41. The number of ether oxygens (including phenoxy) is 1. The van der Waals surface area contributed by atoms with Crippen LogP contribution in [0.5, 0.6) is 0 Å². The molecule has 3 aliphatic heterocycles. The normalized spacial score (nSPS) is 30.8. The smallest absolute Gasteiger partial charge is 0.254 e. The molecule has 0 aliphatic carbocycles. The summed E-state index contributed by atoms with van der Waals surface area (Å²) in [5, 5.41) is 4.37. The molecule has 0 unspecified atom stereocenters. The monoisotopic (exact) mass is 391 g/mol. The number of nitrogens with one attached hydrogen (secondary N) is 2. The number of carbonyl (C=O) groups is 1. The molecule has 4 atom stereocenters. The molecule has 6 heteroatoms. The zero-order chi connectivity index (χ0) is 19.4. The van der Waals surface area contributed by atoms with Gasteiger partial charge in [0.25, 0.3) is 5.91 Å². The number of hydrogen-bond acceptors (Lipinski definition) is 4. The molecule has 0 saturated carbocycles. The second-order valence-electron chi connectivity index (χ2n) is 8.78. The van der Waals surface area contributed by atoms with Crippen LogP contribution in [0.15, 0.2) is 53.5 Å². The predicted molar refractivity (Wildman–Crippen MR) is 108 cm³/mol. The Kier molecular flexibility index (Phi) is 3.86. The van der Waals surface area contributed by atoms with Crippen LogP contribution in [0.2, 0.25) is 0 Å². The maximum atomic E-state index is 12.3. The fourth-order valence-corrected chi connectivity index (χ4v) is 5.91. The van der Waals surface area contributed by atoms with Crippen LogP contribution < -0.4 is 5.32 Å². The summed E-state index contributed by atoms with van der Waals surface area (Å²) in [5.74, 6) is 0.795. The van der Waals surface area contributed by atoms with E-state index < -0.39 is 0 Å². The number of fused-ring (bicyclic) bond motifs is 2. The number of aromatic amines is 1. The summed E-state index contributed by atoms with van der Waals surface area (Å²) in [6, 6.07) is 10.3. The summed E-state index contributed by atoms with van der Waals surface area (Å²) in [7, 11) is 0. The average molecular weight is 391 g/mol. The second kappa shape index (κ2) is 6.47. The van der Waals surface area contributed by atoms with Crippen LogP contribution >= 0.6 is 0 Å². The van der Waals surface area contributed by atoms with E-state index >= 15 is 0 Å². The van der Waals surface area contributed by atoms with Gasteiger partial charge in [0.15, 0.2) is 0 Å². The molecule has 150 valence electrons. The highest BCUT2D eigenvalue weighted by Crippen LogP contribution is 2.54. The third-order valence-electron chi connectivity index (χ3n) is 7.20. The molecule has 3 fully saturated rings. The number of carbonyl (C=O) groups excluding carboxylic acids is 1. The van der Waals surface area contributed by atoms with Crippen molar-refractivity contribution in [2.75, 3.05) is 19.6 Å². The Morgan fingerprint density at radius 3 is 3.17 bits per heavy atom. The van der Waals surface area contributed by atoms with Gasteiger partial charge in [-0.3, -0.25) is 9.69 Å². The third-order valence-corrected chi connectivity index (χ3v) is 7.20. The minimum atomic E-state index is -0.0659. The van der Waals surface area contributed by atoms with Crippen molar-refractivity contribution in [3.63, 3.8) is 0 Å². The molecule has 1 spiro atoms. The highest BCUT2D eigenvalue weighted by molar-refractivity contribution is 5.93. The molecule has 3 aliphatic rings. The summed E-state index contributed by atoms with van der Waals surface area (Å²) >= 11 is 0.